The lowest BCUT2D eigenvalue weighted by molar-refractivity contribution is 0.170. The van der Waals surface area contributed by atoms with Crippen molar-refractivity contribution in [2.75, 3.05) is 0 Å². The molecule has 0 aromatic carbocycles. The van der Waals surface area contributed by atoms with Gasteiger partial charge in [0.05, 0.1) is 10.7 Å². The highest BCUT2D eigenvalue weighted by molar-refractivity contribution is 6.31. The first-order valence-electron chi connectivity index (χ1n) is 4.80. The van der Waals surface area contributed by atoms with Crippen molar-refractivity contribution in [3.63, 3.8) is 0 Å². The molecule has 84 valence electrons. The molecule has 2 aromatic heterocycles. The summed E-state index contributed by atoms with van der Waals surface area (Å²) in [5.74, 6) is 0.689. The number of aliphatic hydroxyl groups excluding tert-OH is 1. The third-order valence-electron chi connectivity index (χ3n) is 2.28. The van der Waals surface area contributed by atoms with Crippen LogP contribution < -0.4 is 0 Å². The molecule has 0 aliphatic carbocycles. The molecule has 2 heterocycles. The Bertz CT molecular complexity index is 485. The van der Waals surface area contributed by atoms with Crippen molar-refractivity contribution in [2.45, 2.75) is 12.5 Å². The molecule has 6 heteroatoms. The van der Waals surface area contributed by atoms with Gasteiger partial charge in [0.1, 0.15) is 18.3 Å². The van der Waals surface area contributed by atoms with Gasteiger partial charge in [0.2, 0.25) is 0 Å². The highest BCUT2D eigenvalue weighted by atomic mass is 35.5. The van der Waals surface area contributed by atoms with Crippen molar-refractivity contribution < 1.29 is 5.11 Å². The van der Waals surface area contributed by atoms with E-state index in [0.717, 1.165) is 0 Å². The molecule has 1 atom stereocenters. The Morgan fingerprint density at radius 3 is 2.94 bits per heavy atom. The first-order valence-corrected chi connectivity index (χ1v) is 5.17. The molecule has 1 unspecified atom stereocenters. The van der Waals surface area contributed by atoms with Crippen molar-refractivity contribution in [1.82, 2.24) is 19.7 Å². The first kappa shape index (κ1) is 11.0. The van der Waals surface area contributed by atoms with Gasteiger partial charge in [-0.15, -0.1) is 0 Å². The number of aryl methyl sites for hydroxylation is 1. The van der Waals surface area contributed by atoms with Gasteiger partial charge in [0.15, 0.2) is 0 Å². The van der Waals surface area contributed by atoms with Gasteiger partial charge in [-0.3, -0.25) is 9.67 Å². The van der Waals surface area contributed by atoms with E-state index in [0.29, 0.717) is 23.0 Å². The van der Waals surface area contributed by atoms with E-state index in [-0.39, 0.29) is 0 Å². The third kappa shape index (κ3) is 2.20. The number of rotatable bonds is 3. The molecular weight excluding hydrogens is 228 g/mol. The highest BCUT2D eigenvalue weighted by Crippen LogP contribution is 2.22. The van der Waals surface area contributed by atoms with E-state index >= 15 is 0 Å². The van der Waals surface area contributed by atoms with Crippen LogP contribution in [0.3, 0.4) is 0 Å². The van der Waals surface area contributed by atoms with Gasteiger partial charge in [-0.05, 0) is 12.1 Å². The molecule has 2 rings (SSSR count). The summed E-state index contributed by atoms with van der Waals surface area (Å²) in [6, 6.07) is 3.42. The third-order valence-corrected chi connectivity index (χ3v) is 2.60. The minimum absolute atomic E-state index is 0.341. The number of nitrogens with zero attached hydrogens (tertiary/aromatic N) is 4. The largest absolute Gasteiger partial charge is 0.386 e. The van der Waals surface area contributed by atoms with Crippen LogP contribution in [0.4, 0.5) is 0 Å². The van der Waals surface area contributed by atoms with Crippen molar-refractivity contribution in [1.29, 1.82) is 0 Å². The molecule has 0 aliphatic heterocycles. The molecular formula is C10H11ClN4O. The molecule has 16 heavy (non-hydrogen) atoms. The zero-order valence-corrected chi connectivity index (χ0v) is 9.46. The summed E-state index contributed by atoms with van der Waals surface area (Å²) in [5, 5.41) is 14.4. The van der Waals surface area contributed by atoms with Crippen molar-refractivity contribution >= 4 is 11.6 Å². The van der Waals surface area contributed by atoms with E-state index in [1.54, 1.807) is 30.1 Å². The smallest absolute Gasteiger partial charge is 0.138 e. The van der Waals surface area contributed by atoms with Crippen molar-refractivity contribution in [3.8, 4) is 0 Å². The van der Waals surface area contributed by atoms with E-state index in [1.165, 1.54) is 6.33 Å². The lowest BCUT2D eigenvalue weighted by Gasteiger charge is -2.10. The number of aromatic nitrogens is 4. The molecule has 0 saturated heterocycles. The van der Waals surface area contributed by atoms with Gasteiger partial charge in [0.25, 0.3) is 0 Å². The summed E-state index contributed by atoms with van der Waals surface area (Å²) < 4.78 is 1.61. The number of hydrogen-bond donors (Lipinski definition) is 1. The molecule has 0 fully saturated rings. The average molecular weight is 239 g/mol. The molecule has 2 aromatic rings. The number of halogens is 1. The zero-order chi connectivity index (χ0) is 11.5. The monoisotopic (exact) mass is 238 g/mol. The van der Waals surface area contributed by atoms with Gasteiger partial charge < -0.3 is 5.11 Å². The van der Waals surface area contributed by atoms with Crippen LogP contribution in [0, 0.1) is 0 Å². The Morgan fingerprint density at radius 1 is 1.50 bits per heavy atom. The summed E-state index contributed by atoms with van der Waals surface area (Å²) in [7, 11) is 1.77. The lowest BCUT2D eigenvalue weighted by Crippen LogP contribution is -2.09. The second kappa shape index (κ2) is 4.59. The topological polar surface area (TPSA) is 63.8 Å². The molecule has 5 nitrogen and oxygen atoms in total. The molecule has 0 radical (unpaired) electrons. The van der Waals surface area contributed by atoms with Crippen LogP contribution in [0.2, 0.25) is 5.02 Å². The fourth-order valence-electron chi connectivity index (χ4n) is 1.42. The van der Waals surface area contributed by atoms with Gasteiger partial charge in [-0.25, -0.2) is 4.98 Å². The van der Waals surface area contributed by atoms with Crippen LogP contribution in [-0.4, -0.2) is 24.9 Å². The summed E-state index contributed by atoms with van der Waals surface area (Å²) in [5.41, 5.74) is 0.465. The normalized spacial score (nSPS) is 12.7. The first-order chi connectivity index (χ1) is 7.68. The lowest BCUT2D eigenvalue weighted by atomic mass is 10.1. The van der Waals surface area contributed by atoms with Crippen LogP contribution in [-0.2, 0) is 13.5 Å². The summed E-state index contributed by atoms with van der Waals surface area (Å²) in [6.45, 7) is 0. The zero-order valence-electron chi connectivity index (χ0n) is 8.71. The molecule has 1 N–H and O–H groups in total. The SMILES string of the molecule is Cn1ncnc1CC(O)c1ncccc1Cl. The maximum Gasteiger partial charge on any atom is 0.138 e. The standard InChI is InChI=1S/C10H11ClN4O/c1-15-9(13-6-14-15)5-8(16)10-7(11)3-2-4-12-10/h2-4,6,8,16H,5H2,1H3. The van der Waals surface area contributed by atoms with Crippen molar-refractivity contribution in [3.05, 3.63) is 41.2 Å². The Balaban J connectivity index is 2.18. The Hall–Kier alpha value is -1.46. The van der Waals surface area contributed by atoms with Crippen LogP contribution >= 0.6 is 11.6 Å². The number of aliphatic hydroxyl groups is 1. The van der Waals surface area contributed by atoms with Crippen LogP contribution in [0.15, 0.2) is 24.7 Å². The van der Waals surface area contributed by atoms with E-state index in [9.17, 15) is 5.11 Å². The van der Waals surface area contributed by atoms with Gasteiger partial charge >= 0.3 is 0 Å². The minimum atomic E-state index is -0.767. The summed E-state index contributed by atoms with van der Waals surface area (Å²) in [6.07, 6.45) is 2.62. The Morgan fingerprint density at radius 2 is 2.31 bits per heavy atom. The quantitative estimate of drug-likeness (QED) is 0.871. The minimum Gasteiger partial charge on any atom is -0.386 e. The molecule has 0 spiro atoms. The highest BCUT2D eigenvalue weighted by Gasteiger charge is 2.15. The van der Waals surface area contributed by atoms with E-state index in [1.807, 2.05) is 0 Å². The molecule has 0 saturated carbocycles. The summed E-state index contributed by atoms with van der Waals surface area (Å²) in [4.78, 5) is 8.08. The van der Waals surface area contributed by atoms with Gasteiger partial charge in [-0.1, -0.05) is 11.6 Å². The molecule has 0 amide bonds. The maximum atomic E-state index is 9.97. The fraction of sp³-hybridized carbons (Fsp3) is 0.300. The van der Waals surface area contributed by atoms with E-state index in [2.05, 4.69) is 15.1 Å². The second-order valence-electron chi connectivity index (χ2n) is 3.39. The van der Waals surface area contributed by atoms with Crippen LogP contribution in [0.25, 0.3) is 0 Å². The maximum absolute atomic E-state index is 9.97. The second-order valence-corrected chi connectivity index (χ2v) is 3.80. The fourth-order valence-corrected chi connectivity index (χ4v) is 1.67. The predicted molar refractivity (Wildman–Crippen MR) is 58.9 cm³/mol. The van der Waals surface area contributed by atoms with E-state index < -0.39 is 6.10 Å². The Kier molecular flexibility index (Phi) is 3.17. The van der Waals surface area contributed by atoms with Crippen LogP contribution in [0.5, 0.6) is 0 Å². The van der Waals surface area contributed by atoms with Crippen molar-refractivity contribution in [2.24, 2.45) is 7.05 Å². The van der Waals surface area contributed by atoms with Gasteiger partial charge in [0, 0.05) is 19.7 Å². The van der Waals surface area contributed by atoms with Crippen LogP contribution in [0.1, 0.15) is 17.6 Å². The molecule has 0 aliphatic rings. The van der Waals surface area contributed by atoms with E-state index in [4.69, 9.17) is 11.6 Å². The summed E-state index contributed by atoms with van der Waals surface area (Å²) >= 11 is 5.93. The van der Waals surface area contributed by atoms with Gasteiger partial charge in [-0.2, -0.15) is 5.10 Å². The molecule has 0 bridgehead atoms. The number of pyridine rings is 1. The number of hydrogen-bond acceptors (Lipinski definition) is 4. The predicted octanol–water partition coefficient (Wildman–Crippen LogP) is 1.14. The average Bonchev–Trinajstić information content (AvgIpc) is 2.65. The Labute approximate surface area is 97.7 Å².